The summed E-state index contributed by atoms with van der Waals surface area (Å²) in [6.45, 7) is 0.200. The minimum atomic E-state index is -0.315. The Morgan fingerprint density at radius 1 is 1.06 bits per heavy atom. The monoisotopic (exact) mass is 448 g/mol. The predicted octanol–water partition coefficient (Wildman–Crippen LogP) is 5.86. The number of ether oxygens (including phenoxy) is 1. The largest absolute Gasteiger partial charge is 0.506 e. The van der Waals surface area contributed by atoms with E-state index in [2.05, 4.69) is 20.3 Å². The van der Waals surface area contributed by atoms with E-state index >= 15 is 0 Å². The second kappa shape index (κ2) is 9.89. The fourth-order valence-electron chi connectivity index (χ4n) is 2.89. The number of anilines is 2. The molecule has 0 amide bonds. The van der Waals surface area contributed by atoms with Gasteiger partial charge in [0.05, 0.1) is 5.02 Å². The van der Waals surface area contributed by atoms with Gasteiger partial charge in [-0.15, -0.1) is 0 Å². The van der Waals surface area contributed by atoms with Gasteiger partial charge in [0.1, 0.15) is 41.8 Å². The Kier molecular flexibility index (Phi) is 6.57. The van der Waals surface area contributed by atoms with Crippen LogP contribution >= 0.6 is 11.6 Å². The van der Waals surface area contributed by atoms with Crippen molar-refractivity contribution in [3.8, 4) is 11.5 Å². The molecule has 2 aromatic heterocycles. The average molecular weight is 449 g/mol. The van der Waals surface area contributed by atoms with Gasteiger partial charge in [-0.2, -0.15) is 0 Å². The van der Waals surface area contributed by atoms with Crippen LogP contribution < -0.4 is 10.1 Å². The lowest BCUT2D eigenvalue weighted by Crippen LogP contribution is -1.99. The van der Waals surface area contributed by atoms with Crippen LogP contribution in [-0.2, 0) is 6.61 Å². The third kappa shape index (κ3) is 5.39. The Morgan fingerprint density at radius 2 is 1.97 bits per heavy atom. The molecule has 0 unspecified atom stereocenters. The lowest BCUT2D eigenvalue weighted by Gasteiger charge is -2.12. The number of pyridine rings is 1. The molecular formula is C24H18ClFN4O2. The van der Waals surface area contributed by atoms with Gasteiger partial charge in [0.25, 0.3) is 0 Å². The first kappa shape index (κ1) is 21.3. The van der Waals surface area contributed by atoms with Crippen LogP contribution in [0.2, 0.25) is 5.02 Å². The first-order chi connectivity index (χ1) is 15.6. The number of rotatable bonds is 7. The molecule has 6 nitrogen and oxygen atoms in total. The van der Waals surface area contributed by atoms with Crippen molar-refractivity contribution < 1.29 is 14.2 Å². The fourth-order valence-corrected chi connectivity index (χ4v) is 3.13. The van der Waals surface area contributed by atoms with Crippen molar-refractivity contribution in [3.63, 3.8) is 0 Å². The highest BCUT2D eigenvalue weighted by Gasteiger charge is 2.07. The average Bonchev–Trinajstić information content (AvgIpc) is 2.79. The first-order valence-corrected chi connectivity index (χ1v) is 10.0. The van der Waals surface area contributed by atoms with Gasteiger partial charge in [-0.1, -0.05) is 23.7 Å². The van der Waals surface area contributed by atoms with Crippen molar-refractivity contribution in [2.45, 2.75) is 6.61 Å². The highest BCUT2D eigenvalue weighted by atomic mass is 35.5. The summed E-state index contributed by atoms with van der Waals surface area (Å²) in [4.78, 5) is 12.5. The van der Waals surface area contributed by atoms with E-state index in [9.17, 15) is 9.50 Å². The van der Waals surface area contributed by atoms with Crippen LogP contribution in [0.4, 0.5) is 15.9 Å². The van der Waals surface area contributed by atoms with Gasteiger partial charge in [0.2, 0.25) is 0 Å². The van der Waals surface area contributed by atoms with Gasteiger partial charge >= 0.3 is 0 Å². The second-order valence-electron chi connectivity index (χ2n) is 6.76. The molecule has 0 atom stereocenters. The van der Waals surface area contributed by atoms with Crippen LogP contribution in [0, 0.1) is 5.82 Å². The summed E-state index contributed by atoms with van der Waals surface area (Å²) >= 11 is 6.37. The molecule has 0 saturated carbocycles. The van der Waals surface area contributed by atoms with Gasteiger partial charge in [0.15, 0.2) is 0 Å². The van der Waals surface area contributed by atoms with Crippen LogP contribution in [0.3, 0.4) is 0 Å². The second-order valence-corrected chi connectivity index (χ2v) is 7.16. The maximum Gasteiger partial charge on any atom is 0.141 e. The van der Waals surface area contributed by atoms with Gasteiger partial charge in [0, 0.05) is 23.6 Å². The molecule has 0 fully saturated rings. The van der Waals surface area contributed by atoms with E-state index in [0.29, 0.717) is 39.1 Å². The molecule has 0 saturated heterocycles. The summed E-state index contributed by atoms with van der Waals surface area (Å²) in [6, 6.07) is 14.7. The molecule has 32 heavy (non-hydrogen) atoms. The number of hydrogen-bond donors (Lipinski definition) is 2. The summed E-state index contributed by atoms with van der Waals surface area (Å²) in [7, 11) is 0. The molecule has 0 radical (unpaired) electrons. The highest BCUT2D eigenvalue weighted by Crippen LogP contribution is 2.30. The molecule has 160 valence electrons. The van der Waals surface area contributed by atoms with E-state index in [1.54, 1.807) is 67.0 Å². The number of aromatic nitrogens is 3. The Morgan fingerprint density at radius 3 is 2.78 bits per heavy atom. The summed E-state index contributed by atoms with van der Waals surface area (Å²) in [6.07, 6.45) is 8.10. The lowest BCUT2D eigenvalue weighted by atomic mass is 10.2. The van der Waals surface area contributed by atoms with Gasteiger partial charge in [-0.05, 0) is 60.2 Å². The SMILES string of the molecule is Oc1cccnc1C=Cc1cncnc1Nc1ccc(OCc2cccc(F)c2)c(Cl)c1. The summed E-state index contributed by atoms with van der Waals surface area (Å²) in [5.74, 6) is 0.798. The summed E-state index contributed by atoms with van der Waals surface area (Å²) < 4.78 is 19.0. The van der Waals surface area contributed by atoms with E-state index in [4.69, 9.17) is 16.3 Å². The zero-order chi connectivity index (χ0) is 22.3. The van der Waals surface area contributed by atoms with E-state index in [-0.39, 0.29) is 18.2 Å². The highest BCUT2D eigenvalue weighted by molar-refractivity contribution is 6.32. The minimum Gasteiger partial charge on any atom is -0.506 e. The number of nitrogens with zero attached hydrogens (tertiary/aromatic N) is 3. The normalized spacial score (nSPS) is 10.9. The summed E-state index contributed by atoms with van der Waals surface area (Å²) in [5.41, 5.74) is 2.53. The molecule has 2 N–H and O–H groups in total. The number of aromatic hydroxyl groups is 1. The third-order valence-corrected chi connectivity index (χ3v) is 4.75. The topological polar surface area (TPSA) is 80.2 Å². The van der Waals surface area contributed by atoms with Gasteiger partial charge in [-0.25, -0.2) is 14.4 Å². The molecular weight excluding hydrogens is 431 g/mol. The zero-order valence-corrected chi connectivity index (χ0v) is 17.5. The molecule has 4 rings (SSSR count). The zero-order valence-electron chi connectivity index (χ0n) is 16.7. The number of nitrogens with one attached hydrogen (secondary N) is 1. The first-order valence-electron chi connectivity index (χ1n) is 9.64. The van der Waals surface area contributed by atoms with Crippen LogP contribution in [0.1, 0.15) is 16.8 Å². The number of benzene rings is 2. The Hall–Kier alpha value is -3.97. The minimum absolute atomic E-state index is 0.0794. The number of hydrogen-bond acceptors (Lipinski definition) is 6. The van der Waals surface area contributed by atoms with Crippen LogP contribution in [0.15, 0.2) is 73.3 Å². The van der Waals surface area contributed by atoms with E-state index in [1.807, 2.05) is 0 Å². The molecule has 4 aromatic rings. The molecule has 0 aliphatic carbocycles. The maximum absolute atomic E-state index is 13.3. The molecule has 2 heterocycles. The van der Waals surface area contributed by atoms with E-state index in [1.165, 1.54) is 18.5 Å². The van der Waals surface area contributed by atoms with Crippen LogP contribution in [0.25, 0.3) is 12.2 Å². The molecule has 8 heteroatoms. The molecule has 0 aliphatic rings. The van der Waals surface area contributed by atoms with Crippen molar-refractivity contribution in [2.75, 3.05) is 5.32 Å². The van der Waals surface area contributed by atoms with E-state index < -0.39 is 0 Å². The van der Waals surface area contributed by atoms with Crippen molar-refractivity contribution in [3.05, 3.63) is 101 Å². The van der Waals surface area contributed by atoms with Gasteiger partial charge in [-0.3, -0.25) is 4.98 Å². The van der Waals surface area contributed by atoms with Crippen LogP contribution in [-0.4, -0.2) is 20.1 Å². The smallest absolute Gasteiger partial charge is 0.141 e. The van der Waals surface area contributed by atoms with E-state index in [0.717, 1.165) is 0 Å². The summed E-state index contributed by atoms with van der Waals surface area (Å²) in [5, 5.41) is 13.5. The Balaban J connectivity index is 1.48. The molecule has 0 aliphatic heterocycles. The molecule has 0 bridgehead atoms. The van der Waals surface area contributed by atoms with Crippen molar-refractivity contribution in [2.24, 2.45) is 0 Å². The lowest BCUT2D eigenvalue weighted by molar-refractivity contribution is 0.306. The van der Waals surface area contributed by atoms with Gasteiger partial charge < -0.3 is 15.2 Å². The fraction of sp³-hybridized carbons (Fsp3) is 0.0417. The Bertz CT molecular complexity index is 1270. The van der Waals surface area contributed by atoms with Crippen LogP contribution in [0.5, 0.6) is 11.5 Å². The predicted molar refractivity (Wildman–Crippen MR) is 122 cm³/mol. The molecule has 0 spiro atoms. The van der Waals surface area contributed by atoms with Crippen molar-refractivity contribution in [1.82, 2.24) is 15.0 Å². The third-order valence-electron chi connectivity index (χ3n) is 4.46. The number of halogens is 2. The quantitative estimate of drug-likeness (QED) is 0.368. The Labute approximate surface area is 189 Å². The van der Waals surface area contributed by atoms with Crippen molar-refractivity contribution in [1.29, 1.82) is 0 Å². The molecule has 2 aromatic carbocycles. The van der Waals surface area contributed by atoms with Crippen molar-refractivity contribution >= 4 is 35.3 Å². The standard InChI is InChI=1S/C24H18ClFN4O2/c25-20-12-19(7-9-23(20)32-14-16-3-1-4-18(26)11-16)30-24-17(13-27-15-29-24)6-8-21-22(31)5-2-10-28-21/h1-13,15,31H,14H2,(H,27,29,30). The maximum atomic E-state index is 13.3.